The van der Waals surface area contributed by atoms with Gasteiger partial charge in [0.25, 0.3) is 10.0 Å². The summed E-state index contributed by atoms with van der Waals surface area (Å²) in [5, 5.41) is 2.52. The molecular weight excluding hydrogens is 393 g/mol. The zero-order valence-corrected chi connectivity index (χ0v) is 16.1. The van der Waals surface area contributed by atoms with Gasteiger partial charge in [0.2, 0.25) is 5.91 Å². The molecule has 1 aliphatic rings. The largest absolute Gasteiger partial charge is 0.324 e. The van der Waals surface area contributed by atoms with Gasteiger partial charge in [0.1, 0.15) is 17.7 Å². The topological polar surface area (TPSA) is 87.6 Å². The smallest absolute Gasteiger partial charge is 0.263 e. The molecule has 3 rings (SSSR count). The number of fused-ring (bicyclic) bond motifs is 1. The molecule has 0 bridgehead atoms. The quantitative estimate of drug-likeness (QED) is 0.812. The highest BCUT2D eigenvalue weighted by atomic mass is 35.5. The maximum absolute atomic E-state index is 13.3. The summed E-state index contributed by atoms with van der Waals surface area (Å²) in [6.07, 6.45) is 0. The summed E-state index contributed by atoms with van der Waals surface area (Å²) in [4.78, 5) is 17.2. The van der Waals surface area contributed by atoms with Crippen molar-refractivity contribution < 1.29 is 17.6 Å². The molecule has 1 atom stereocenters. The van der Waals surface area contributed by atoms with Crippen LogP contribution >= 0.6 is 11.6 Å². The Hall–Kier alpha value is -2.45. The first-order valence-electron chi connectivity index (χ1n) is 8.15. The lowest BCUT2D eigenvalue weighted by atomic mass is 10.0. The van der Waals surface area contributed by atoms with Crippen molar-refractivity contribution in [2.24, 2.45) is 10.9 Å². The van der Waals surface area contributed by atoms with Gasteiger partial charge in [-0.3, -0.25) is 14.5 Å². The molecule has 0 radical (unpaired) electrons. The lowest BCUT2D eigenvalue weighted by molar-refractivity contribution is -0.118. The summed E-state index contributed by atoms with van der Waals surface area (Å²) in [7, 11) is -3.69. The first-order chi connectivity index (χ1) is 12.7. The molecule has 1 aliphatic heterocycles. The molecule has 0 fully saturated rings. The van der Waals surface area contributed by atoms with Crippen LogP contribution < -0.4 is 10.0 Å². The van der Waals surface area contributed by atoms with Gasteiger partial charge in [-0.1, -0.05) is 37.6 Å². The Morgan fingerprint density at radius 2 is 1.93 bits per heavy atom. The minimum absolute atomic E-state index is 0.113. The normalized spacial score (nSPS) is 17.4. The third-order valence-electron chi connectivity index (χ3n) is 4.02. The van der Waals surface area contributed by atoms with Gasteiger partial charge in [-0.05, 0) is 36.2 Å². The second-order valence-corrected chi connectivity index (χ2v) is 8.44. The molecule has 0 aromatic heterocycles. The number of halogens is 2. The Kier molecular flexibility index (Phi) is 5.21. The summed E-state index contributed by atoms with van der Waals surface area (Å²) in [6, 6.07) is 9.39. The van der Waals surface area contributed by atoms with Gasteiger partial charge >= 0.3 is 0 Å². The number of amides is 1. The lowest BCUT2D eigenvalue weighted by Gasteiger charge is -2.17. The van der Waals surface area contributed by atoms with Gasteiger partial charge in [0.15, 0.2) is 0 Å². The predicted molar refractivity (Wildman–Crippen MR) is 102 cm³/mol. The molecule has 0 aliphatic carbocycles. The van der Waals surface area contributed by atoms with E-state index in [1.807, 2.05) is 0 Å². The first-order valence-corrected chi connectivity index (χ1v) is 10.0. The van der Waals surface area contributed by atoms with E-state index in [2.05, 4.69) is 15.0 Å². The Morgan fingerprint density at radius 3 is 2.59 bits per heavy atom. The Labute approximate surface area is 161 Å². The van der Waals surface area contributed by atoms with Gasteiger partial charge in [-0.25, -0.2) is 12.8 Å². The van der Waals surface area contributed by atoms with Crippen LogP contribution in [0.1, 0.15) is 19.4 Å². The van der Waals surface area contributed by atoms with Gasteiger partial charge < -0.3 is 5.32 Å². The van der Waals surface area contributed by atoms with E-state index in [0.717, 1.165) is 6.07 Å². The molecule has 2 aromatic carbocycles. The zero-order chi connectivity index (χ0) is 19.8. The molecule has 1 heterocycles. The number of nitrogens with zero attached hydrogens (tertiary/aromatic N) is 1. The zero-order valence-electron chi connectivity index (χ0n) is 14.5. The van der Waals surface area contributed by atoms with E-state index >= 15 is 0 Å². The van der Waals surface area contributed by atoms with Crippen LogP contribution in [-0.4, -0.2) is 26.2 Å². The standard InChI is InChI=1S/C18H17ClFN3O3S/c1-10(2)16(18(24)21-11-7-8-14(20)13(19)9-11)22-17-12-5-3-4-6-15(12)27(25,26)23-17/h3-10,16H,1-2H3,(H,21,24)(H,22,23)/t16-/m0/s1. The van der Waals surface area contributed by atoms with Crippen LogP contribution in [-0.2, 0) is 14.8 Å². The van der Waals surface area contributed by atoms with Crippen molar-refractivity contribution in [2.45, 2.75) is 24.8 Å². The highest BCUT2D eigenvalue weighted by Gasteiger charge is 2.32. The SMILES string of the molecule is CC(C)[C@H](N=C1NS(=O)(=O)c2ccccc21)C(=O)Nc1ccc(F)c(Cl)c1. The van der Waals surface area contributed by atoms with Crippen molar-refractivity contribution >= 4 is 39.1 Å². The average molecular weight is 410 g/mol. The van der Waals surface area contributed by atoms with Crippen LogP contribution in [0.5, 0.6) is 0 Å². The predicted octanol–water partition coefficient (Wildman–Crippen LogP) is 3.18. The summed E-state index contributed by atoms with van der Waals surface area (Å²) in [6.45, 7) is 3.59. The van der Waals surface area contributed by atoms with Crippen molar-refractivity contribution in [1.29, 1.82) is 0 Å². The molecule has 142 valence electrons. The van der Waals surface area contributed by atoms with Crippen molar-refractivity contribution in [3.05, 3.63) is 58.9 Å². The second kappa shape index (κ2) is 7.28. The first kappa shape index (κ1) is 19.3. The van der Waals surface area contributed by atoms with E-state index in [1.165, 1.54) is 18.2 Å². The number of carbonyl (C=O) groups excluding carboxylic acids is 1. The van der Waals surface area contributed by atoms with Crippen LogP contribution in [0.3, 0.4) is 0 Å². The van der Waals surface area contributed by atoms with Crippen molar-refractivity contribution in [3.8, 4) is 0 Å². The highest BCUT2D eigenvalue weighted by Crippen LogP contribution is 2.24. The number of carbonyl (C=O) groups is 1. The third kappa shape index (κ3) is 3.96. The molecule has 2 N–H and O–H groups in total. The van der Waals surface area contributed by atoms with Gasteiger partial charge in [0.05, 0.1) is 9.92 Å². The summed E-state index contributed by atoms with van der Waals surface area (Å²) >= 11 is 5.73. The van der Waals surface area contributed by atoms with Crippen LogP contribution in [0.2, 0.25) is 5.02 Å². The molecule has 0 spiro atoms. The van der Waals surface area contributed by atoms with Crippen LogP contribution in [0.25, 0.3) is 0 Å². The number of anilines is 1. The fraction of sp³-hybridized carbons (Fsp3) is 0.222. The molecule has 2 aromatic rings. The van der Waals surface area contributed by atoms with Gasteiger partial charge in [-0.2, -0.15) is 0 Å². The second-order valence-electron chi connectivity index (χ2n) is 6.39. The monoisotopic (exact) mass is 409 g/mol. The minimum atomic E-state index is -3.69. The Morgan fingerprint density at radius 1 is 1.22 bits per heavy atom. The number of hydrogen-bond donors (Lipinski definition) is 2. The molecule has 0 unspecified atom stereocenters. The van der Waals surface area contributed by atoms with Crippen LogP contribution in [0.4, 0.5) is 10.1 Å². The number of amidine groups is 1. The number of rotatable bonds is 4. The summed E-state index contributed by atoms with van der Waals surface area (Å²) in [5.41, 5.74) is 0.741. The lowest BCUT2D eigenvalue weighted by Crippen LogP contribution is -2.34. The molecular formula is C18H17ClFN3O3S. The molecule has 0 saturated carbocycles. The van der Waals surface area contributed by atoms with Crippen molar-refractivity contribution in [3.63, 3.8) is 0 Å². The van der Waals surface area contributed by atoms with E-state index in [1.54, 1.807) is 32.0 Å². The number of sulfonamides is 1. The van der Waals surface area contributed by atoms with E-state index in [4.69, 9.17) is 11.6 Å². The summed E-state index contributed by atoms with van der Waals surface area (Å²) in [5.74, 6) is -1.14. The van der Waals surface area contributed by atoms with E-state index < -0.39 is 27.8 Å². The van der Waals surface area contributed by atoms with E-state index in [9.17, 15) is 17.6 Å². The molecule has 1 amide bonds. The van der Waals surface area contributed by atoms with Crippen molar-refractivity contribution in [2.75, 3.05) is 5.32 Å². The van der Waals surface area contributed by atoms with Crippen LogP contribution in [0, 0.1) is 11.7 Å². The fourth-order valence-electron chi connectivity index (χ4n) is 2.67. The molecule has 27 heavy (non-hydrogen) atoms. The minimum Gasteiger partial charge on any atom is -0.324 e. The third-order valence-corrected chi connectivity index (χ3v) is 5.70. The van der Waals surface area contributed by atoms with E-state index in [0.29, 0.717) is 11.3 Å². The van der Waals surface area contributed by atoms with Gasteiger partial charge in [-0.15, -0.1) is 0 Å². The Balaban J connectivity index is 1.91. The Bertz CT molecular complexity index is 1040. The number of aliphatic imine (C=N–C) groups is 1. The fourth-order valence-corrected chi connectivity index (χ4v) is 4.09. The van der Waals surface area contributed by atoms with Crippen molar-refractivity contribution in [1.82, 2.24) is 4.72 Å². The number of benzene rings is 2. The maximum atomic E-state index is 13.3. The van der Waals surface area contributed by atoms with Crippen LogP contribution in [0.15, 0.2) is 52.4 Å². The van der Waals surface area contributed by atoms with Gasteiger partial charge in [0, 0.05) is 11.3 Å². The van der Waals surface area contributed by atoms with E-state index in [-0.39, 0.29) is 21.7 Å². The molecule has 0 saturated heterocycles. The number of nitrogens with one attached hydrogen (secondary N) is 2. The summed E-state index contributed by atoms with van der Waals surface area (Å²) < 4.78 is 40.1. The molecule has 9 heteroatoms. The highest BCUT2D eigenvalue weighted by molar-refractivity contribution is 7.90. The number of hydrogen-bond acceptors (Lipinski definition) is 4. The maximum Gasteiger partial charge on any atom is 0.263 e. The average Bonchev–Trinajstić information content (AvgIpc) is 2.86. The molecule has 6 nitrogen and oxygen atoms in total.